The molecule has 1 atom stereocenters. The number of non-ortho nitro benzene ring substituents is 1. The van der Waals surface area contributed by atoms with Gasteiger partial charge in [0.25, 0.3) is 5.69 Å². The summed E-state index contributed by atoms with van der Waals surface area (Å²) < 4.78 is 0. The lowest BCUT2D eigenvalue weighted by Crippen LogP contribution is -2.20. The zero-order valence-electron chi connectivity index (χ0n) is 11.0. The molecule has 0 saturated heterocycles. The molecule has 1 aliphatic carbocycles. The van der Waals surface area contributed by atoms with Crippen LogP contribution in [0.1, 0.15) is 19.3 Å². The molecule has 5 heteroatoms. The normalized spacial score (nSPS) is 18.1. The van der Waals surface area contributed by atoms with Gasteiger partial charge in [0.2, 0.25) is 0 Å². The summed E-state index contributed by atoms with van der Waals surface area (Å²) in [7, 11) is 0. The van der Waals surface area contributed by atoms with Crippen LogP contribution in [0, 0.1) is 10.1 Å². The van der Waals surface area contributed by atoms with Crippen molar-refractivity contribution < 1.29 is 4.92 Å². The molecular formula is C15H15N3O2. The molecular weight excluding hydrogens is 254 g/mol. The second kappa shape index (κ2) is 5.28. The fourth-order valence-electron chi connectivity index (χ4n) is 2.58. The van der Waals surface area contributed by atoms with Gasteiger partial charge in [-0.05, 0) is 37.5 Å². The monoisotopic (exact) mass is 269 g/mol. The molecule has 0 saturated carbocycles. The molecule has 2 aromatic rings. The molecule has 1 N–H and O–H groups in total. The van der Waals surface area contributed by atoms with Crippen LogP contribution < -0.4 is 5.32 Å². The van der Waals surface area contributed by atoms with Gasteiger partial charge in [-0.15, -0.1) is 0 Å². The van der Waals surface area contributed by atoms with Crippen molar-refractivity contribution >= 4 is 22.3 Å². The minimum absolute atomic E-state index is 0.0992. The maximum atomic E-state index is 11.1. The van der Waals surface area contributed by atoms with Gasteiger partial charge in [-0.1, -0.05) is 12.2 Å². The molecule has 0 bridgehead atoms. The van der Waals surface area contributed by atoms with E-state index in [9.17, 15) is 10.1 Å². The highest BCUT2D eigenvalue weighted by molar-refractivity contribution is 5.96. The van der Waals surface area contributed by atoms with Crippen LogP contribution in [0.3, 0.4) is 0 Å². The molecule has 1 aromatic heterocycles. The first-order chi connectivity index (χ1) is 9.75. The second-order valence-electron chi connectivity index (χ2n) is 4.91. The number of allylic oxidation sites excluding steroid dienone is 1. The third kappa shape index (κ3) is 2.34. The van der Waals surface area contributed by atoms with Crippen LogP contribution in [0.4, 0.5) is 11.4 Å². The molecule has 1 heterocycles. The number of nitro benzene ring substituents is 1. The summed E-state index contributed by atoms with van der Waals surface area (Å²) in [5, 5.41) is 15.1. The van der Waals surface area contributed by atoms with Gasteiger partial charge in [0.05, 0.1) is 16.0 Å². The van der Waals surface area contributed by atoms with Crippen LogP contribution in [-0.4, -0.2) is 15.9 Å². The zero-order valence-corrected chi connectivity index (χ0v) is 11.0. The van der Waals surface area contributed by atoms with Gasteiger partial charge in [0.15, 0.2) is 0 Å². The van der Waals surface area contributed by atoms with Gasteiger partial charge < -0.3 is 5.32 Å². The summed E-state index contributed by atoms with van der Waals surface area (Å²) in [6.45, 7) is 0. The van der Waals surface area contributed by atoms with Crippen molar-refractivity contribution in [2.45, 2.75) is 25.3 Å². The molecule has 1 aromatic carbocycles. The highest BCUT2D eigenvalue weighted by Gasteiger charge is 2.17. The number of hydrogen-bond donors (Lipinski definition) is 1. The number of fused-ring (bicyclic) bond motifs is 1. The van der Waals surface area contributed by atoms with Gasteiger partial charge in [-0.25, -0.2) is 0 Å². The highest BCUT2D eigenvalue weighted by atomic mass is 16.6. The van der Waals surface area contributed by atoms with E-state index < -0.39 is 0 Å². The number of nitrogens with zero attached hydrogens (tertiary/aromatic N) is 2. The number of hydrogen-bond acceptors (Lipinski definition) is 4. The lowest BCUT2D eigenvalue weighted by atomic mass is 10.0. The molecule has 0 amide bonds. The molecule has 1 aliphatic rings. The average Bonchev–Trinajstić information content (AvgIpc) is 2.48. The first-order valence-electron chi connectivity index (χ1n) is 6.69. The van der Waals surface area contributed by atoms with E-state index in [0.29, 0.717) is 16.9 Å². The summed E-state index contributed by atoms with van der Waals surface area (Å²) in [4.78, 5) is 15.0. The van der Waals surface area contributed by atoms with Gasteiger partial charge >= 0.3 is 0 Å². The van der Waals surface area contributed by atoms with Gasteiger partial charge in [0, 0.05) is 18.3 Å². The topological polar surface area (TPSA) is 68.1 Å². The van der Waals surface area contributed by atoms with Crippen LogP contribution in [-0.2, 0) is 0 Å². The second-order valence-corrected chi connectivity index (χ2v) is 4.91. The van der Waals surface area contributed by atoms with Crippen LogP contribution in [0.5, 0.6) is 0 Å². The van der Waals surface area contributed by atoms with Gasteiger partial charge in [0.1, 0.15) is 5.52 Å². The lowest BCUT2D eigenvalue weighted by Gasteiger charge is -2.21. The predicted molar refractivity (Wildman–Crippen MR) is 78.8 cm³/mol. The van der Waals surface area contributed by atoms with E-state index in [-0.39, 0.29) is 10.6 Å². The van der Waals surface area contributed by atoms with Crippen molar-refractivity contribution in [1.82, 2.24) is 4.98 Å². The third-order valence-electron chi connectivity index (χ3n) is 3.57. The Hall–Kier alpha value is -2.43. The summed E-state index contributed by atoms with van der Waals surface area (Å²) in [5.41, 5.74) is 1.63. The number of nitrogens with one attached hydrogen (secondary N) is 1. The van der Waals surface area contributed by atoms with Crippen molar-refractivity contribution in [3.05, 3.63) is 52.7 Å². The van der Waals surface area contributed by atoms with E-state index in [2.05, 4.69) is 22.5 Å². The van der Waals surface area contributed by atoms with E-state index in [4.69, 9.17) is 0 Å². The van der Waals surface area contributed by atoms with E-state index in [1.807, 2.05) is 0 Å². The van der Waals surface area contributed by atoms with Crippen molar-refractivity contribution in [1.29, 1.82) is 0 Å². The van der Waals surface area contributed by atoms with E-state index >= 15 is 0 Å². The fourth-order valence-corrected chi connectivity index (χ4v) is 2.58. The summed E-state index contributed by atoms with van der Waals surface area (Å²) in [5.74, 6) is 0. The van der Waals surface area contributed by atoms with Crippen molar-refractivity contribution in [2.75, 3.05) is 5.32 Å². The van der Waals surface area contributed by atoms with E-state index in [1.54, 1.807) is 30.5 Å². The highest BCUT2D eigenvalue weighted by Crippen LogP contribution is 2.31. The summed E-state index contributed by atoms with van der Waals surface area (Å²) in [6.07, 6.45) is 9.13. The Labute approximate surface area is 116 Å². The molecule has 20 heavy (non-hydrogen) atoms. The Kier molecular flexibility index (Phi) is 3.33. The number of benzene rings is 1. The fraction of sp³-hybridized carbons (Fsp3) is 0.267. The Morgan fingerprint density at radius 1 is 1.30 bits per heavy atom. The molecule has 1 unspecified atom stereocenters. The van der Waals surface area contributed by atoms with E-state index in [1.165, 1.54) is 0 Å². The van der Waals surface area contributed by atoms with Crippen LogP contribution in [0.25, 0.3) is 10.9 Å². The molecule has 0 fully saturated rings. The van der Waals surface area contributed by atoms with Crippen LogP contribution >= 0.6 is 0 Å². The molecule has 0 spiro atoms. The number of rotatable bonds is 3. The third-order valence-corrected chi connectivity index (χ3v) is 3.57. The van der Waals surface area contributed by atoms with Gasteiger partial charge in [-0.3, -0.25) is 15.1 Å². The quantitative estimate of drug-likeness (QED) is 0.524. The molecule has 102 valence electrons. The maximum Gasteiger partial charge on any atom is 0.278 e. The predicted octanol–water partition coefficient (Wildman–Crippen LogP) is 3.66. The largest absolute Gasteiger partial charge is 0.380 e. The number of aromatic nitrogens is 1. The summed E-state index contributed by atoms with van der Waals surface area (Å²) in [6, 6.07) is 7.14. The molecule has 5 nitrogen and oxygen atoms in total. The van der Waals surface area contributed by atoms with Crippen molar-refractivity contribution in [3.63, 3.8) is 0 Å². The standard InChI is InChI=1S/C15H15N3O2/c19-18(20)14-9-8-13(15-12(14)7-4-10-16-15)17-11-5-2-1-3-6-11/h1-2,4,7-11,17H,3,5-6H2. The first kappa shape index (κ1) is 12.6. The summed E-state index contributed by atoms with van der Waals surface area (Å²) >= 11 is 0. The Morgan fingerprint density at radius 3 is 2.95 bits per heavy atom. The van der Waals surface area contributed by atoms with E-state index in [0.717, 1.165) is 24.9 Å². The lowest BCUT2D eigenvalue weighted by molar-refractivity contribution is -0.383. The molecule has 0 aliphatic heterocycles. The first-order valence-corrected chi connectivity index (χ1v) is 6.69. The Bertz CT molecular complexity index is 682. The molecule has 0 radical (unpaired) electrons. The maximum absolute atomic E-state index is 11.1. The van der Waals surface area contributed by atoms with Crippen LogP contribution in [0.15, 0.2) is 42.6 Å². The molecule has 3 rings (SSSR count). The SMILES string of the molecule is O=[N+]([O-])c1ccc(NC2CC=CCC2)c2ncccc12. The average molecular weight is 269 g/mol. The minimum atomic E-state index is -0.364. The Morgan fingerprint density at radius 2 is 2.20 bits per heavy atom. The smallest absolute Gasteiger partial charge is 0.278 e. The van der Waals surface area contributed by atoms with Gasteiger partial charge in [-0.2, -0.15) is 0 Å². The number of pyridine rings is 1. The van der Waals surface area contributed by atoms with Crippen molar-refractivity contribution in [3.8, 4) is 0 Å². The number of anilines is 1. The zero-order chi connectivity index (χ0) is 13.9. The minimum Gasteiger partial charge on any atom is -0.380 e. The van der Waals surface area contributed by atoms with Crippen molar-refractivity contribution in [2.24, 2.45) is 0 Å². The number of nitro groups is 1. The Balaban J connectivity index is 2.01. The van der Waals surface area contributed by atoms with Crippen LogP contribution in [0.2, 0.25) is 0 Å².